The highest BCUT2D eigenvalue weighted by atomic mass is 79.9. The van der Waals surface area contributed by atoms with E-state index in [1.165, 1.54) is 5.56 Å². The summed E-state index contributed by atoms with van der Waals surface area (Å²) in [6.45, 7) is 9.08. The van der Waals surface area contributed by atoms with Crippen LogP contribution in [0.25, 0.3) is 0 Å². The Bertz CT molecular complexity index is 569. The second-order valence-corrected chi connectivity index (χ2v) is 6.45. The van der Waals surface area contributed by atoms with Gasteiger partial charge in [-0.1, -0.05) is 27.2 Å². The van der Waals surface area contributed by atoms with Crippen molar-refractivity contribution in [3.05, 3.63) is 40.1 Å². The van der Waals surface area contributed by atoms with Crippen LogP contribution in [-0.2, 0) is 12.1 Å². The van der Waals surface area contributed by atoms with E-state index in [2.05, 4.69) is 65.3 Å². The van der Waals surface area contributed by atoms with Gasteiger partial charge in [-0.2, -0.15) is 0 Å². The molecule has 2 rings (SSSR count). The monoisotopic (exact) mass is 322 g/mol. The lowest BCUT2D eigenvalue weighted by Gasteiger charge is -2.17. The van der Waals surface area contributed by atoms with Crippen LogP contribution in [0.4, 0.5) is 5.69 Å². The number of hydrogen-bond acceptors (Lipinski definition) is 3. The normalized spacial score (nSPS) is 11.6. The smallest absolute Gasteiger partial charge is 0.102 e. The fourth-order valence-electron chi connectivity index (χ4n) is 1.69. The standard InChI is InChI=1S/C14H19BrN4/c1-10-12(15)6-5-7-13(10)16-8-11-9-19(18-17-11)14(2,3)4/h5-7,9,16H,8H2,1-4H3. The molecule has 2 aromatic rings. The predicted molar refractivity (Wildman–Crippen MR) is 81.2 cm³/mol. The highest BCUT2D eigenvalue weighted by molar-refractivity contribution is 9.10. The zero-order chi connectivity index (χ0) is 14.0. The Morgan fingerprint density at radius 3 is 2.68 bits per heavy atom. The Balaban J connectivity index is 2.07. The Morgan fingerprint density at radius 2 is 2.05 bits per heavy atom. The van der Waals surface area contributed by atoms with Crippen molar-refractivity contribution in [1.29, 1.82) is 0 Å². The number of rotatable bonds is 3. The quantitative estimate of drug-likeness (QED) is 0.936. The first kappa shape index (κ1) is 14.1. The van der Waals surface area contributed by atoms with Gasteiger partial charge in [-0.3, -0.25) is 0 Å². The summed E-state index contributed by atoms with van der Waals surface area (Å²) < 4.78 is 2.99. The molecule has 0 aliphatic carbocycles. The number of anilines is 1. The third-order valence-corrected chi connectivity index (χ3v) is 3.81. The molecule has 19 heavy (non-hydrogen) atoms. The molecule has 0 fully saturated rings. The van der Waals surface area contributed by atoms with Gasteiger partial charge in [0.1, 0.15) is 5.69 Å². The van der Waals surface area contributed by atoms with Crippen LogP contribution in [0.1, 0.15) is 32.0 Å². The van der Waals surface area contributed by atoms with Crippen molar-refractivity contribution >= 4 is 21.6 Å². The van der Waals surface area contributed by atoms with E-state index in [1.807, 2.05) is 23.0 Å². The Hall–Kier alpha value is -1.36. The van der Waals surface area contributed by atoms with Crippen molar-refractivity contribution < 1.29 is 0 Å². The number of aromatic nitrogens is 3. The minimum atomic E-state index is -0.0308. The van der Waals surface area contributed by atoms with Crippen molar-refractivity contribution in [2.45, 2.75) is 39.8 Å². The van der Waals surface area contributed by atoms with Crippen molar-refractivity contribution in [2.24, 2.45) is 0 Å². The molecule has 0 aliphatic heterocycles. The van der Waals surface area contributed by atoms with E-state index < -0.39 is 0 Å². The van der Waals surface area contributed by atoms with E-state index in [1.54, 1.807) is 0 Å². The zero-order valence-corrected chi connectivity index (χ0v) is 13.3. The van der Waals surface area contributed by atoms with E-state index in [0.717, 1.165) is 15.9 Å². The van der Waals surface area contributed by atoms with E-state index in [-0.39, 0.29) is 5.54 Å². The third-order valence-electron chi connectivity index (χ3n) is 2.96. The Morgan fingerprint density at radius 1 is 1.32 bits per heavy atom. The maximum absolute atomic E-state index is 4.19. The Labute approximate surface area is 122 Å². The van der Waals surface area contributed by atoms with Gasteiger partial charge in [0, 0.05) is 10.2 Å². The molecule has 5 heteroatoms. The van der Waals surface area contributed by atoms with Crippen LogP contribution in [0, 0.1) is 6.92 Å². The summed E-state index contributed by atoms with van der Waals surface area (Å²) in [7, 11) is 0. The molecule has 0 aliphatic rings. The van der Waals surface area contributed by atoms with Gasteiger partial charge >= 0.3 is 0 Å². The lowest BCUT2D eigenvalue weighted by molar-refractivity contribution is 0.347. The SMILES string of the molecule is Cc1c(Br)cccc1NCc1cn(C(C)(C)C)nn1. The second kappa shape index (κ2) is 5.33. The summed E-state index contributed by atoms with van der Waals surface area (Å²) in [5.41, 5.74) is 3.22. The number of nitrogens with one attached hydrogen (secondary N) is 1. The molecule has 0 saturated heterocycles. The second-order valence-electron chi connectivity index (χ2n) is 5.59. The molecule has 1 aromatic heterocycles. The molecular formula is C14H19BrN4. The van der Waals surface area contributed by atoms with Gasteiger partial charge in [0.05, 0.1) is 18.3 Å². The van der Waals surface area contributed by atoms with Crippen LogP contribution in [0.3, 0.4) is 0 Å². The molecule has 0 spiro atoms. The van der Waals surface area contributed by atoms with E-state index in [9.17, 15) is 0 Å². The highest BCUT2D eigenvalue weighted by Crippen LogP contribution is 2.23. The fraction of sp³-hybridized carbons (Fsp3) is 0.429. The molecule has 0 bridgehead atoms. The fourth-order valence-corrected chi connectivity index (χ4v) is 2.06. The molecule has 1 N–H and O–H groups in total. The number of hydrogen-bond donors (Lipinski definition) is 1. The van der Waals surface area contributed by atoms with Crippen LogP contribution in [0.5, 0.6) is 0 Å². The predicted octanol–water partition coefficient (Wildman–Crippen LogP) is 3.72. The van der Waals surface area contributed by atoms with Gasteiger partial charge in [0.25, 0.3) is 0 Å². The summed E-state index contributed by atoms with van der Waals surface area (Å²) in [4.78, 5) is 0. The van der Waals surface area contributed by atoms with Crippen LogP contribution < -0.4 is 5.32 Å². The largest absolute Gasteiger partial charge is 0.379 e. The summed E-state index contributed by atoms with van der Waals surface area (Å²) in [6, 6.07) is 6.12. The van der Waals surface area contributed by atoms with Gasteiger partial charge in [0.15, 0.2) is 0 Å². The Kier molecular flexibility index (Phi) is 3.94. The van der Waals surface area contributed by atoms with Crippen LogP contribution >= 0.6 is 15.9 Å². The molecule has 1 aromatic carbocycles. The summed E-state index contributed by atoms with van der Waals surface area (Å²) in [5.74, 6) is 0. The summed E-state index contributed by atoms with van der Waals surface area (Å²) in [5, 5.41) is 11.7. The summed E-state index contributed by atoms with van der Waals surface area (Å²) in [6.07, 6.45) is 1.99. The molecule has 1 heterocycles. The maximum Gasteiger partial charge on any atom is 0.102 e. The lowest BCUT2D eigenvalue weighted by Crippen LogP contribution is -2.22. The lowest BCUT2D eigenvalue weighted by atomic mass is 10.1. The highest BCUT2D eigenvalue weighted by Gasteiger charge is 2.14. The average Bonchev–Trinajstić information content (AvgIpc) is 2.79. The van der Waals surface area contributed by atoms with Crippen molar-refractivity contribution in [1.82, 2.24) is 15.0 Å². The molecule has 102 valence electrons. The zero-order valence-electron chi connectivity index (χ0n) is 11.7. The minimum absolute atomic E-state index is 0.0308. The van der Waals surface area contributed by atoms with Crippen LogP contribution in [-0.4, -0.2) is 15.0 Å². The third kappa shape index (κ3) is 3.35. The van der Waals surface area contributed by atoms with E-state index in [4.69, 9.17) is 0 Å². The molecule has 0 unspecified atom stereocenters. The molecule has 0 radical (unpaired) electrons. The molecular weight excluding hydrogens is 304 g/mol. The van der Waals surface area contributed by atoms with Crippen molar-refractivity contribution in [3.63, 3.8) is 0 Å². The van der Waals surface area contributed by atoms with Gasteiger partial charge in [0.2, 0.25) is 0 Å². The van der Waals surface area contributed by atoms with Crippen molar-refractivity contribution in [2.75, 3.05) is 5.32 Å². The average molecular weight is 323 g/mol. The molecule has 0 atom stereocenters. The first-order chi connectivity index (χ1) is 8.88. The topological polar surface area (TPSA) is 42.7 Å². The number of benzene rings is 1. The van der Waals surface area contributed by atoms with E-state index >= 15 is 0 Å². The van der Waals surface area contributed by atoms with Crippen molar-refractivity contribution in [3.8, 4) is 0 Å². The van der Waals surface area contributed by atoms with E-state index in [0.29, 0.717) is 6.54 Å². The molecule has 4 nitrogen and oxygen atoms in total. The van der Waals surface area contributed by atoms with Crippen LogP contribution in [0.15, 0.2) is 28.9 Å². The van der Waals surface area contributed by atoms with Gasteiger partial charge in [-0.15, -0.1) is 5.10 Å². The summed E-state index contributed by atoms with van der Waals surface area (Å²) >= 11 is 3.53. The van der Waals surface area contributed by atoms with Gasteiger partial charge in [-0.25, -0.2) is 4.68 Å². The molecule has 0 amide bonds. The first-order valence-electron chi connectivity index (χ1n) is 6.28. The van der Waals surface area contributed by atoms with Gasteiger partial charge in [-0.05, 0) is 45.4 Å². The van der Waals surface area contributed by atoms with Gasteiger partial charge < -0.3 is 5.32 Å². The maximum atomic E-state index is 4.19. The number of nitrogens with zero attached hydrogens (tertiary/aromatic N) is 3. The van der Waals surface area contributed by atoms with Crippen LogP contribution in [0.2, 0.25) is 0 Å². The first-order valence-corrected chi connectivity index (χ1v) is 7.08. The minimum Gasteiger partial charge on any atom is -0.379 e. The molecule has 0 saturated carbocycles. The number of halogens is 1.